The Balaban J connectivity index is 1.90. The molecule has 1 unspecified atom stereocenters. The van der Waals surface area contributed by atoms with E-state index >= 15 is 0 Å². The van der Waals surface area contributed by atoms with E-state index in [1.165, 1.54) is 18.3 Å². The highest BCUT2D eigenvalue weighted by molar-refractivity contribution is 5.78. The molecule has 0 amide bonds. The molecule has 8 heteroatoms. The van der Waals surface area contributed by atoms with Gasteiger partial charge < -0.3 is 10.0 Å². The zero-order chi connectivity index (χ0) is 15.7. The van der Waals surface area contributed by atoms with Gasteiger partial charge in [0, 0.05) is 25.2 Å². The van der Waals surface area contributed by atoms with Crippen molar-refractivity contribution in [1.82, 2.24) is 9.97 Å². The van der Waals surface area contributed by atoms with Crippen LogP contribution in [0.5, 0.6) is 0 Å². The summed E-state index contributed by atoms with van der Waals surface area (Å²) >= 11 is 0. The van der Waals surface area contributed by atoms with Gasteiger partial charge in [-0.15, -0.1) is 0 Å². The number of nitrogens with zero attached hydrogens (tertiary/aromatic N) is 4. The first-order valence-corrected chi connectivity index (χ1v) is 6.93. The number of nitro groups is 1. The molecule has 1 N–H and O–H groups in total. The molecule has 3 rings (SSSR count). The molecule has 1 aliphatic heterocycles. The van der Waals surface area contributed by atoms with Crippen LogP contribution in [-0.2, 0) is 4.79 Å². The van der Waals surface area contributed by atoms with E-state index in [2.05, 4.69) is 9.97 Å². The summed E-state index contributed by atoms with van der Waals surface area (Å²) in [6.07, 6.45) is 2.99. The molecule has 0 saturated carbocycles. The monoisotopic (exact) mass is 302 g/mol. The Bertz CT molecular complexity index is 749. The number of carboxylic acids is 1. The van der Waals surface area contributed by atoms with Gasteiger partial charge in [-0.1, -0.05) is 0 Å². The normalized spacial score (nSPS) is 18.4. The summed E-state index contributed by atoms with van der Waals surface area (Å²) in [5, 5.41) is 19.9. The lowest BCUT2D eigenvalue weighted by molar-refractivity contribution is -0.384. The van der Waals surface area contributed by atoms with Gasteiger partial charge in [-0.3, -0.25) is 19.9 Å². The third-order valence-corrected chi connectivity index (χ3v) is 3.82. The highest BCUT2D eigenvalue weighted by Crippen LogP contribution is 2.24. The second-order valence-electron chi connectivity index (χ2n) is 5.28. The van der Waals surface area contributed by atoms with E-state index in [0.29, 0.717) is 29.8 Å². The minimum atomic E-state index is -0.797. The first-order chi connectivity index (χ1) is 10.5. The van der Waals surface area contributed by atoms with Gasteiger partial charge in [0.1, 0.15) is 5.82 Å². The molecule has 2 heterocycles. The summed E-state index contributed by atoms with van der Waals surface area (Å²) < 4.78 is 0. The Morgan fingerprint density at radius 2 is 2.23 bits per heavy atom. The Labute approximate surface area is 125 Å². The first-order valence-electron chi connectivity index (χ1n) is 6.93. The summed E-state index contributed by atoms with van der Waals surface area (Å²) in [4.78, 5) is 31.9. The highest BCUT2D eigenvalue weighted by Gasteiger charge is 2.26. The van der Waals surface area contributed by atoms with Crippen LogP contribution in [0.4, 0.5) is 11.5 Å². The van der Waals surface area contributed by atoms with Crippen molar-refractivity contribution in [1.29, 1.82) is 0 Å². The number of piperidine rings is 1. The van der Waals surface area contributed by atoms with E-state index < -0.39 is 16.8 Å². The van der Waals surface area contributed by atoms with Crippen LogP contribution in [0.3, 0.4) is 0 Å². The maximum absolute atomic E-state index is 11.1. The lowest BCUT2D eigenvalue weighted by Crippen LogP contribution is -2.39. The van der Waals surface area contributed by atoms with Crippen molar-refractivity contribution in [3.8, 4) is 0 Å². The molecule has 0 spiro atoms. The number of anilines is 1. The number of carbonyl (C=O) groups is 1. The van der Waals surface area contributed by atoms with Gasteiger partial charge in [0.15, 0.2) is 0 Å². The predicted octanol–water partition coefficient (Wildman–Crippen LogP) is 1.84. The molecule has 1 saturated heterocycles. The van der Waals surface area contributed by atoms with Crippen molar-refractivity contribution in [3.63, 3.8) is 0 Å². The average molecular weight is 302 g/mol. The molecule has 1 atom stereocenters. The van der Waals surface area contributed by atoms with Crippen LogP contribution in [-0.4, -0.2) is 39.1 Å². The fraction of sp³-hybridized carbons (Fsp3) is 0.357. The fourth-order valence-electron chi connectivity index (χ4n) is 2.64. The minimum absolute atomic E-state index is 0.0292. The molecule has 2 aromatic rings. The molecule has 114 valence electrons. The summed E-state index contributed by atoms with van der Waals surface area (Å²) in [5.74, 6) is -0.593. The second-order valence-corrected chi connectivity index (χ2v) is 5.28. The zero-order valence-electron chi connectivity index (χ0n) is 11.7. The van der Waals surface area contributed by atoms with Gasteiger partial charge in [0.2, 0.25) is 0 Å². The molecule has 1 aromatic carbocycles. The fourth-order valence-corrected chi connectivity index (χ4v) is 2.64. The molecule has 1 aliphatic rings. The summed E-state index contributed by atoms with van der Waals surface area (Å²) in [6, 6.07) is 4.32. The maximum atomic E-state index is 11.1. The Hall–Kier alpha value is -2.77. The van der Waals surface area contributed by atoms with Gasteiger partial charge >= 0.3 is 5.97 Å². The molecular weight excluding hydrogens is 288 g/mol. The summed E-state index contributed by atoms with van der Waals surface area (Å²) in [6.45, 7) is 1.14. The van der Waals surface area contributed by atoms with Crippen molar-refractivity contribution < 1.29 is 14.8 Å². The first kappa shape index (κ1) is 14.2. The molecule has 22 heavy (non-hydrogen) atoms. The number of nitro benzene ring substituents is 1. The number of hydrogen-bond donors (Lipinski definition) is 1. The lowest BCUT2D eigenvalue weighted by Gasteiger charge is -2.31. The van der Waals surface area contributed by atoms with E-state index in [4.69, 9.17) is 5.11 Å². The van der Waals surface area contributed by atoms with E-state index in [0.717, 1.165) is 13.0 Å². The molecule has 0 radical (unpaired) electrons. The van der Waals surface area contributed by atoms with Crippen LogP contribution < -0.4 is 4.90 Å². The van der Waals surface area contributed by atoms with E-state index in [-0.39, 0.29) is 5.69 Å². The number of aromatic nitrogens is 2. The van der Waals surface area contributed by atoms with Crippen LogP contribution in [0.25, 0.3) is 11.0 Å². The van der Waals surface area contributed by atoms with Crippen LogP contribution in [0.15, 0.2) is 24.4 Å². The van der Waals surface area contributed by atoms with Crippen molar-refractivity contribution in [2.45, 2.75) is 12.8 Å². The third kappa shape index (κ3) is 2.67. The SMILES string of the molecule is O=C(O)C1CCCN(c2cnc3cc([N+](=O)[O-])ccc3n2)C1. The van der Waals surface area contributed by atoms with Crippen molar-refractivity contribution in [2.75, 3.05) is 18.0 Å². The minimum Gasteiger partial charge on any atom is -0.481 e. The Morgan fingerprint density at radius 1 is 1.41 bits per heavy atom. The molecule has 0 bridgehead atoms. The van der Waals surface area contributed by atoms with Crippen LogP contribution >= 0.6 is 0 Å². The quantitative estimate of drug-likeness (QED) is 0.680. The maximum Gasteiger partial charge on any atom is 0.308 e. The topological polar surface area (TPSA) is 109 Å². The van der Waals surface area contributed by atoms with Gasteiger partial charge in [-0.25, -0.2) is 4.98 Å². The van der Waals surface area contributed by atoms with Crippen molar-refractivity contribution in [2.24, 2.45) is 5.92 Å². The van der Waals surface area contributed by atoms with Gasteiger partial charge in [0.25, 0.3) is 5.69 Å². The van der Waals surface area contributed by atoms with Crippen molar-refractivity contribution >= 4 is 28.5 Å². The second kappa shape index (κ2) is 5.55. The van der Waals surface area contributed by atoms with Crippen molar-refractivity contribution in [3.05, 3.63) is 34.5 Å². The van der Waals surface area contributed by atoms with Gasteiger partial charge in [-0.2, -0.15) is 0 Å². The number of aliphatic carboxylic acids is 1. The lowest BCUT2D eigenvalue weighted by atomic mass is 9.98. The standard InChI is InChI=1S/C14H14N4O4/c19-14(20)9-2-1-5-17(8-9)13-7-15-12-6-10(18(21)22)3-4-11(12)16-13/h3-4,6-7,9H,1-2,5,8H2,(H,19,20). The number of hydrogen-bond acceptors (Lipinski definition) is 6. The predicted molar refractivity (Wildman–Crippen MR) is 78.8 cm³/mol. The van der Waals surface area contributed by atoms with E-state index in [1.807, 2.05) is 4.90 Å². The molecule has 1 fully saturated rings. The highest BCUT2D eigenvalue weighted by atomic mass is 16.6. The number of rotatable bonds is 3. The average Bonchev–Trinajstić information content (AvgIpc) is 2.53. The number of benzene rings is 1. The largest absolute Gasteiger partial charge is 0.481 e. The van der Waals surface area contributed by atoms with Crippen LogP contribution in [0, 0.1) is 16.0 Å². The van der Waals surface area contributed by atoms with E-state index in [1.54, 1.807) is 6.07 Å². The zero-order valence-corrected chi connectivity index (χ0v) is 11.7. The number of fused-ring (bicyclic) bond motifs is 1. The van der Waals surface area contributed by atoms with Crippen LogP contribution in [0.1, 0.15) is 12.8 Å². The molecule has 0 aliphatic carbocycles. The Kier molecular flexibility index (Phi) is 3.58. The van der Waals surface area contributed by atoms with E-state index in [9.17, 15) is 14.9 Å². The molecule has 8 nitrogen and oxygen atoms in total. The summed E-state index contributed by atoms with van der Waals surface area (Å²) in [5.41, 5.74) is 0.976. The number of carboxylic acid groups (broad SMARTS) is 1. The molecular formula is C14H14N4O4. The smallest absolute Gasteiger partial charge is 0.308 e. The summed E-state index contributed by atoms with van der Waals surface area (Å²) in [7, 11) is 0. The third-order valence-electron chi connectivity index (χ3n) is 3.82. The molecule has 1 aromatic heterocycles. The van der Waals surface area contributed by atoms with Gasteiger partial charge in [0.05, 0.1) is 28.1 Å². The van der Waals surface area contributed by atoms with Gasteiger partial charge in [-0.05, 0) is 18.9 Å². The number of non-ortho nitro benzene ring substituents is 1. The van der Waals surface area contributed by atoms with Crippen LogP contribution in [0.2, 0.25) is 0 Å². The Morgan fingerprint density at radius 3 is 2.95 bits per heavy atom.